The van der Waals surface area contributed by atoms with Gasteiger partial charge in [-0.2, -0.15) is 0 Å². The zero-order valence-corrected chi connectivity index (χ0v) is 12.8. The number of nitro groups is 1. The van der Waals surface area contributed by atoms with Crippen LogP contribution in [-0.4, -0.2) is 16.7 Å². The number of imide groups is 1. The summed E-state index contributed by atoms with van der Waals surface area (Å²) in [5.74, 6) is -1.15. The second kappa shape index (κ2) is 4.89. The van der Waals surface area contributed by atoms with Crippen LogP contribution >= 0.6 is 11.6 Å². The topological polar surface area (TPSA) is 80.5 Å². The Bertz CT molecular complexity index is 743. The highest BCUT2D eigenvalue weighted by Gasteiger charge is 2.57. The fraction of sp³-hybridized carbons (Fsp3) is 0.375. The summed E-state index contributed by atoms with van der Waals surface area (Å²) in [7, 11) is 0. The molecule has 1 aliphatic heterocycles. The fourth-order valence-electron chi connectivity index (χ4n) is 4.10. The first kappa shape index (κ1) is 14.4. The maximum absolute atomic E-state index is 12.8. The third-order valence-corrected chi connectivity index (χ3v) is 5.46. The molecular weight excluding hydrogens is 320 g/mol. The summed E-state index contributed by atoms with van der Waals surface area (Å²) in [6, 6.07) is 3.81. The Morgan fingerprint density at radius 2 is 1.65 bits per heavy atom. The van der Waals surface area contributed by atoms with Crippen molar-refractivity contribution in [1.82, 2.24) is 0 Å². The Kier molecular flexibility index (Phi) is 3.06. The summed E-state index contributed by atoms with van der Waals surface area (Å²) in [6.07, 6.45) is 5.86. The van der Waals surface area contributed by atoms with Crippen molar-refractivity contribution in [2.45, 2.75) is 12.8 Å². The van der Waals surface area contributed by atoms with Gasteiger partial charge in [0.15, 0.2) is 0 Å². The van der Waals surface area contributed by atoms with E-state index in [0.717, 1.165) is 17.7 Å². The average molecular weight is 333 g/mol. The lowest BCUT2D eigenvalue weighted by Crippen LogP contribution is -2.38. The number of nitro benzene ring substituents is 1. The van der Waals surface area contributed by atoms with Crippen LogP contribution in [0.2, 0.25) is 5.02 Å². The standard InChI is InChI=1S/C16H13ClN2O4/c17-11-6-5-10(19(22)23)7-12(11)18-15(20)13-8-1-2-9(4-3-8)14(13)16(18)21/h1-2,5-9,13-14H,3-4H2/t8-,9+,13+,14-. The number of carbonyl (C=O) groups is 2. The summed E-state index contributed by atoms with van der Waals surface area (Å²) < 4.78 is 0. The highest BCUT2D eigenvalue weighted by atomic mass is 35.5. The van der Waals surface area contributed by atoms with Crippen LogP contribution in [0.4, 0.5) is 11.4 Å². The van der Waals surface area contributed by atoms with Crippen LogP contribution in [0.5, 0.6) is 0 Å². The van der Waals surface area contributed by atoms with E-state index in [1.807, 2.05) is 12.2 Å². The number of nitrogens with zero attached hydrogens (tertiary/aromatic N) is 2. The number of benzene rings is 1. The molecule has 118 valence electrons. The van der Waals surface area contributed by atoms with Crippen molar-refractivity contribution < 1.29 is 14.5 Å². The Balaban J connectivity index is 1.79. The molecule has 7 heteroatoms. The molecule has 2 amide bonds. The van der Waals surface area contributed by atoms with Crippen molar-refractivity contribution in [2.75, 3.05) is 4.90 Å². The van der Waals surface area contributed by atoms with Gasteiger partial charge < -0.3 is 0 Å². The zero-order valence-electron chi connectivity index (χ0n) is 12.0. The summed E-state index contributed by atoms with van der Waals surface area (Å²) in [6.45, 7) is 0. The molecule has 0 spiro atoms. The van der Waals surface area contributed by atoms with Crippen molar-refractivity contribution in [3.05, 3.63) is 45.5 Å². The maximum atomic E-state index is 12.8. The number of hydrogen-bond acceptors (Lipinski definition) is 4. The quantitative estimate of drug-likeness (QED) is 0.361. The molecule has 0 N–H and O–H groups in total. The molecule has 1 aromatic carbocycles. The minimum Gasteiger partial charge on any atom is -0.274 e. The number of allylic oxidation sites excluding steroid dienone is 2. The van der Waals surface area contributed by atoms with Crippen molar-refractivity contribution in [3.8, 4) is 0 Å². The van der Waals surface area contributed by atoms with E-state index in [9.17, 15) is 19.7 Å². The van der Waals surface area contributed by atoms with Gasteiger partial charge in [-0.3, -0.25) is 19.7 Å². The molecule has 4 aliphatic rings. The molecule has 2 fully saturated rings. The largest absolute Gasteiger partial charge is 0.274 e. The summed E-state index contributed by atoms with van der Waals surface area (Å²) in [5.41, 5.74) is -0.0781. The molecule has 6 nitrogen and oxygen atoms in total. The SMILES string of the molecule is O=C1[C@@H]2[C@H](C(=O)N1c1cc([N+](=O)[O-])ccc1Cl)[C@H]1C=C[C@@H]2CC1. The van der Waals surface area contributed by atoms with Crippen LogP contribution in [-0.2, 0) is 9.59 Å². The molecule has 3 aliphatic carbocycles. The number of carbonyl (C=O) groups excluding carboxylic acids is 2. The average Bonchev–Trinajstić information content (AvgIpc) is 2.83. The number of hydrogen-bond donors (Lipinski definition) is 0. The minimum atomic E-state index is -0.566. The lowest BCUT2D eigenvalue weighted by Gasteiger charge is -2.38. The molecule has 0 aromatic heterocycles. The monoisotopic (exact) mass is 332 g/mol. The third kappa shape index (κ3) is 1.94. The van der Waals surface area contributed by atoms with Crippen molar-refractivity contribution in [2.24, 2.45) is 23.7 Å². The van der Waals surface area contributed by atoms with Gasteiger partial charge in [-0.05, 0) is 30.7 Å². The first-order valence-electron chi connectivity index (χ1n) is 7.49. The van der Waals surface area contributed by atoms with Crippen molar-refractivity contribution in [1.29, 1.82) is 0 Å². The lowest BCUT2D eigenvalue weighted by atomic mass is 9.63. The van der Waals surface area contributed by atoms with Gasteiger partial charge in [0, 0.05) is 12.1 Å². The molecule has 23 heavy (non-hydrogen) atoms. The molecule has 1 heterocycles. The molecule has 0 radical (unpaired) electrons. The minimum absolute atomic E-state index is 0.0731. The zero-order chi connectivity index (χ0) is 16.3. The number of halogens is 1. The number of amides is 2. The molecule has 0 unspecified atom stereocenters. The predicted molar refractivity (Wildman–Crippen MR) is 82.9 cm³/mol. The van der Waals surface area contributed by atoms with Crippen molar-refractivity contribution in [3.63, 3.8) is 0 Å². The number of anilines is 1. The molecule has 1 saturated heterocycles. The Hall–Kier alpha value is -2.21. The Morgan fingerprint density at radius 3 is 2.13 bits per heavy atom. The lowest BCUT2D eigenvalue weighted by molar-refractivity contribution is -0.384. The number of fused-ring (bicyclic) bond motifs is 1. The van der Waals surface area contributed by atoms with Crippen LogP contribution in [0.1, 0.15) is 12.8 Å². The van der Waals surface area contributed by atoms with E-state index in [2.05, 4.69) is 0 Å². The Labute approximate surface area is 136 Å². The normalized spacial score (nSPS) is 31.6. The van der Waals surface area contributed by atoms with E-state index >= 15 is 0 Å². The van der Waals surface area contributed by atoms with Gasteiger partial charge in [-0.15, -0.1) is 0 Å². The van der Waals surface area contributed by atoms with E-state index in [-0.39, 0.29) is 51.9 Å². The first-order valence-corrected chi connectivity index (χ1v) is 7.87. The van der Waals surface area contributed by atoms with Gasteiger partial charge in [0.2, 0.25) is 11.8 Å². The van der Waals surface area contributed by atoms with Crippen LogP contribution < -0.4 is 4.90 Å². The van der Waals surface area contributed by atoms with Crippen LogP contribution in [0, 0.1) is 33.8 Å². The molecule has 4 atom stereocenters. The van der Waals surface area contributed by atoms with Gasteiger partial charge in [0.05, 0.1) is 27.5 Å². The molecule has 1 saturated carbocycles. The third-order valence-electron chi connectivity index (χ3n) is 5.14. The van der Waals surface area contributed by atoms with E-state index in [0.29, 0.717) is 0 Å². The van der Waals surface area contributed by atoms with E-state index < -0.39 is 4.92 Å². The van der Waals surface area contributed by atoms with Gasteiger partial charge >= 0.3 is 0 Å². The summed E-state index contributed by atoms with van der Waals surface area (Å²) >= 11 is 6.11. The van der Waals surface area contributed by atoms with E-state index in [4.69, 9.17) is 11.6 Å². The second-order valence-electron chi connectivity index (χ2n) is 6.25. The number of non-ortho nitro benzene ring substituents is 1. The molecule has 1 aromatic rings. The fourth-order valence-corrected chi connectivity index (χ4v) is 4.30. The van der Waals surface area contributed by atoms with Gasteiger partial charge in [-0.25, -0.2) is 4.90 Å². The molecular formula is C16H13ClN2O4. The maximum Gasteiger partial charge on any atom is 0.271 e. The molecule has 5 rings (SSSR count). The highest BCUT2D eigenvalue weighted by molar-refractivity contribution is 6.36. The van der Waals surface area contributed by atoms with Crippen LogP contribution in [0.3, 0.4) is 0 Å². The van der Waals surface area contributed by atoms with Gasteiger partial charge in [0.25, 0.3) is 5.69 Å². The van der Waals surface area contributed by atoms with Gasteiger partial charge in [0.1, 0.15) is 0 Å². The second-order valence-corrected chi connectivity index (χ2v) is 6.65. The highest BCUT2D eigenvalue weighted by Crippen LogP contribution is 2.51. The van der Waals surface area contributed by atoms with Gasteiger partial charge in [-0.1, -0.05) is 23.8 Å². The van der Waals surface area contributed by atoms with Crippen LogP contribution in [0.25, 0.3) is 0 Å². The summed E-state index contributed by atoms with van der Waals surface area (Å²) in [5, 5.41) is 11.1. The molecule has 2 bridgehead atoms. The first-order chi connectivity index (χ1) is 11.0. The predicted octanol–water partition coefficient (Wildman–Crippen LogP) is 2.95. The summed E-state index contributed by atoms with van der Waals surface area (Å²) in [4.78, 5) is 37.1. The van der Waals surface area contributed by atoms with E-state index in [1.165, 1.54) is 18.2 Å². The Morgan fingerprint density at radius 1 is 1.09 bits per heavy atom. The number of rotatable bonds is 2. The van der Waals surface area contributed by atoms with Crippen LogP contribution in [0.15, 0.2) is 30.4 Å². The smallest absolute Gasteiger partial charge is 0.271 e. The van der Waals surface area contributed by atoms with E-state index in [1.54, 1.807) is 0 Å². The van der Waals surface area contributed by atoms with Crippen molar-refractivity contribution >= 4 is 34.8 Å².